The zero-order valence-corrected chi connectivity index (χ0v) is 19.4. The molecular weight excluding hydrogens is 469 g/mol. The summed E-state index contributed by atoms with van der Waals surface area (Å²) in [7, 11) is 0. The monoisotopic (exact) mass is 494 g/mol. The number of aryl methyl sites for hydroxylation is 1. The smallest absolute Gasteiger partial charge is 0.250 e. The molecule has 1 aromatic heterocycles. The summed E-state index contributed by atoms with van der Waals surface area (Å²) in [5.74, 6) is -2.67. The van der Waals surface area contributed by atoms with Crippen molar-refractivity contribution in [2.24, 2.45) is 0 Å². The standard InChI is InChI=1S/C28H25F3N2O3/c29-24-3-1-2-21(13-24)26-15-22(12-23-14-25(16-33-18-35)36-27(23)26)20-6-4-19(5-7-20)8-9-28(30,31)10-11-32-17-34/h1-7,12-15,17-18H,8-11,16H2,(H,32,34)(H,33,35). The highest BCUT2D eigenvalue weighted by molar-refractivity contribution is 5.97. The van der Waals surface area contributed by atoms with E-state index >= 15 is 0 Å². The van der Waals surface area contributed by atoms with Crippen LogP contribution in [0.25, 0.3) is 33.2 Å². The van der Waals surface area contributed by atoms with Crippen LogP contribution in [0.1, 0.15) is 24.2 Å². The second-order valence-corrected chi connectivity index (χ2v) is 8.54. The molecule has 2 amide bonds. The van der Waals surface area contributed by atoms with Gasteiger partial charge in [-0.25, -0.2) is 13.2 Å². The molecule has 1 heterocycles. The molecule has 0 saturated carbocycles. The summed E-state index contributed by atoms with van der Waals surface area (Å²) in [6, 6.07) is 19.3. The number of benzene rings is 3. The van der Waals surface area contributed by atoms with Crippen molar-refractivity contribution in [3.05, 3.63) is 83.9 Å². The van der Waals surface area contributed by atoms with Gasteiger partial charge < -0.3 is 15.1 Å². The topological polar surface area (TPSA) is 71.3 Å². The van der Waals surface area contributed by atoms with E-state index in [2.05, 4.69) is 10.6 Å². The lowest BCUT2D eigenvalue weighted by molar-refractivity contribution is -0.110. The zero-order chi connectivity index (χ0) is 25.5. The van der Waals surface area contributed by atoms with Crippen LogP contribution in [0, 0.1) is 5.82 Å². The van der Waals surface area contributed by atoms with Crippen molar-refractivity contribution in [3.63, 3.8) is 0 Å². The molecule has 0 unspecified atom stereocenters. The lowest BCUT2D eigenvalue weighted by Crippen LogP contribution is -2.24. The Morgan fingerprint density at radius 2 is 1.61 bits per heavy atom. The molecular formula is C28H25F3N2O3. The summed E-state index contributed by atoms with van der Waals surface area (Å²) in [4.78, 5) is 21.0. The van der Waals surface area contributed by atoms with E-state index in [0.29, 0.717) is 35.3 Å². The molecule has 3 aromatic carbocycles. The van der Waals surface area contributed by atoms with Crippen LogP contribution in [-0.2, 0) is 22.6 Å². The molecule has 0 fully saturated rings. The first kappa shape index (κ1) is 25.0. The third kappa shape index (κ3) is 6.13. The maximum Gasteiger partial charge on any atom is 0.250 e. The molecule has 0 aliphatic heterocycles. The van der Waals surface area contributed by atoms with Gasteiger partial charge in [0, 0.05) is 30.3 Å². The Bertz CT molecular complexity index is 1350. The van der Waals surface area contributed by atoms with Gasteiger partial charge in [-0.3, -0.25) is 9.59 Å². The minimum absolute atomic E-state index is 0.0630. The minimum atomic E-state index is -2.86. The van der Waals surface area contributed by atoms with Crippen LogP contribution in [0.15, 0.2) is 71.1 Å². The number of amides is 2. The highest BCUT2D eigenvalue weighted by Gasteiger charge is 2.27. The van der Waals surface area contributed by atoms with E-state index in [1.54, 1.807) is 12.1 Å². The van der Waals surface area contributed by atoms with Gasteiger partial charge in [0.05, 0.1) is 6.54 Å². The summed E-state index contributed by atoms with van der Waals surface area (Å²) in [6.07, 6.45) is 0.498. The molecule has 0 radical (unpaired) electrons. The predicted octanol–water partition coefficient (Wildman–Crippen LogP) is 5.86. The molecule has 186 valence electrons. The maximum absolute atomic E-state index is 14.0. The first-order chi connectivity index (χ1) is 17.4. The van der Waals surface area contributed by atoms with E-state index < -0.39 is 12.3 Å². The normalized spacial score (nSPS) is 11.4. The molecule has 0 aliphatic carbocycles. The van der Waals surface area contributed by atoms with Gasteiger partial charge >= 0.3 is 0 Å². The SMILES string of the molecule is O=CNCCC(F)(F)CCc1ccc(-c2cc(-c3cccc(F)c3)c3oc(CNC=O)cc3c2)cc1. The summed E-state index contributed by atoms with van der Waals surface area (Å²) < 4.78 is 48.0. The van der Waals surface area contributed by atoms with Crippen LogP contribution in [0.4, 0.5) is 13.2 Å². The number of hydrogen-bond donors (Lipinski definition) is 2. The summed E-state index contributed by atoms with van der Waals surface area (Å²) in [6.45, 7) is 0.160. The number of nitrogens with one attached hydrogen (secondary N) is 2. The van der Waals surface area contributed by atoms with Crippen molar-refractivity contribution in [2.45, 2.75) is 31.7 Å². The molecule has 5 nitrogen and oxygen atoms in total. The molecule has 0 aliphatic rings. The van der Waals surface area contributed by atoms with Gasteiger partial charge in [-0.2, -0.15) is 0 Å². The zero-order valence-electron chi connectivity index (χ0n) is 19.4. The van der Waals surface area contributed by atoms with Gasteiger partial charge in [-0.1, -0.05) is 36.4 Å². The molecule has 8 heteroatoms. The summed E-state index contributed by atoms with van der Waals surface area (Å²) >= 11 is 0. The number of furan rings is 1. The van der Waals surface area contributed by atoms with Gasteiger partial charge in [0.2, 0.25) is 18.7 Å². The fourth-order valence-electron chi connectivity index (χ4n) is 4.10. The van der Waals surface area contributed by atoms with Gasteiger partial charge in [-0.05, 0) is 59.0 Å². The highest BCUT2D eigenvalue weighted by Crippen LogP contribution is 2.36. The fourth-order valence-corrected chi connectivity index (χ4v) is 4.10. The molecule has 4 aromatic rings. The van der Waals surface area contributed by atoms with E-state index in [9.17, 15) is 22.8 Å². The maximum atomic E-state index is 14.0. The van der Waals surface area contributed by atoms with E-state index in [-0.39, 0.29) is 31.7 Å². The Balaban J connectivity index is 1.61. The second kappa shape index (κ2) is 11.1. The molecule has 0 bridgehead atoms. The van der Waals surface area contributed by atoms with Crippen LogP contribution >= 0.6 is 0 Å². The van der Waals surface area contributed by atoms with Crippen molar-refractivity contribution >= 4 is 23.8 Å². The Morgan fingerprint density at radius 3 is 2.33 bits per heavy atom. The van der Waals surface area contributed by atoms with Crippen LogP contribution < -0.4 is 10.6 Å². The first-order valence-corrected chi connectivity index (χ1v) is 11.5. The lowest BCUT2D eigenvalue weighted by Gasteiger charge is -2.16. The Morgan fingerprint density at radius 1 is 0.833 bits per heavy atom. The van der Waals surface area contributed by atoms with Crippen molar-refractivity contribution in [3.8, 4) is 22.3 Å². The van der Waals surface area contributed by atoms with Crippen LogP contribution in [-0.4, -0.2) is 25.3 Å². The number of carbonyl (C=O) groups is 2. The Kier molecular flexibility index (Phi) is 7.73. The van der Waals surface area contributed by atoms with Gasteiger partial charge in [0.1, 0.15) is 17.2 Å². The average Bonchev–Trinajstić information content (AvgIpc) is 3.29. The quantitative estimate of drug-likeness (QED) is 0.192. The fraction of sp³-hybridized carbons (Fsp3) is 0.214. The van der Waals surface area contributed by atoms with Crippen molar-refractivity contribution in [1.29, 1.82) is 0 Å². The molecule has 0 saturated heterocycles. The number of halogens is 3. The predicted molar refractivity (Wildman–Crippen MR) is 132 cm³/mol. The van der Waals surface area contributed by atoms with E-state index in [0.717, 1.165) is 22.1 Å². The number of rotatable bonds is 12. The second-order valence-electron chi connectivity index (χ2n) is 8.54. The van der Waals surface area contributed by atoms with Crippen LogP contribution in [0.3, 0.4) is 0 Å². The molecule has 2 N–H and O–H groups in total. The number of hydrogen-bond acceptors (Lipinski definition) is 3. The lowest BCUT2D eigenvalue weighted by atomic mass is 9.95. The van der Waals surface area contributed by atoms with Crippen LogP contribution in [0.2, 0.25) is 0 Å². The summed E-state index contributed by atoms with van der Waals surface area (Å²) in [5.41, 5.74) is 4.43. The van der Waals surface area contributed by atoms with Gasteiger partial charge in [-0.15, -0.1) is 0 Å². The highest BCUT2D eigenvalue weighted by atomic mass is 19.3. The van der Waals surface area contributed by atoms with Gasteiger partial charge in [0.25, 0.3) is 0 Å². The largest absolute Gasteiger partial charge is 0.459 e. The Hall–Kier alpha value is -4.07. The minimum Gasteiger partial charge on any atom is -0.459 e. The molecule has 0 atom stereocenters. The van der Waals surface area contributed by atoms with Crippen molar-refractivity contribution in [1.82, 2.24) is 10.6 Å². The molecule has 4 rings (SSSR count). The van der Waals surface area contributed by atoms with E-state index in [1.807, 2.05) is 42.5 Å². The molecule has 0 spiro atoms. The van der Waals surface area contributed by atoms with Crippen LogP contribution in [0.5, 0.6) is 0 Å². The summed E-state index contributed by atoms with van der Waals surface area (Å²) in [5, 5.41) is 5.63. The first-order valence-electron chi connectivity index (χ1n) is 11.5. The van der Waals surface area contributed by atoms with E-state index in [4.69, 9.17) is 4.42 Å². The van der Waals surface area contributed by atoms with E-state index in [1.165, 1.54) is 12.1 Å². The number of alkyl halides is 2. The number of fused-ring (bicyclic) bond motifs is 1. The number of carbonyl (C=O) groups excluding carboxylic acids is 2. The third-order valence-corrected chi connectivity index (χ3v) is 5.95. The van der Waals surface area contributed by atoms with Crippen molar-refractivity contribution < 1.29 is 27.2 Å². The van der Waals surface area contributed by atoms with Gasteiger partial charge in [0.15, 0.2) is 0 Å². The Labute approximate surface area is 206 Å². The average molecular weight is 495 g/mol. The third-order valence-electron chi connectivity index (χ3n) is 5.95. The van der Waals surface area contributed by atoms with Crippen molar-refractivity contribution in [2.75, 3.05) is 6.54 Å². The molecule has 36 heavy (non-hydrogen) atoms.